The number of rotatable bonds is 12. The lowest BCUT2D eigenvalue weighted by Crippen LogP contribution is -2.44. The molecule has 3 atom stereocenters. The van der Waals surface area contributed by atoms with E-state index in [1.807, 2.05) is 0 Å². The Hall–Kier alpha value is -0.160. The molecule has 0 spiro atoms. The second-order valence-corrected chi connectivity index (χ2v) is 11.1. The molecule has 3 unspecified atom stereocenters. The lowest BCUT2D eigenvalue weighted by atomic mass is 9.75. The third kappa shape index (κ3) is 9.68. The summed E-state index contributed by atoms with van der Waals surface area (Å²) in [5, 5.41) is 0. The van der Waals surface area contributed by atoms with Gasteiger partial charge in [0.25, 0.3) is 0 Å². The minimum Gasteiger partial charge on any atom is -0.381 e. The van der Waals surface area contributed by atoms with Gasteiger partial charge in [-0.15, -0.1) is 0 Å². The van der Waals surface area contributed by atoms with Gasteiger partial charge in [0.2, 0.25) is 0 Å². The molecule has 0 rings (SSSR count). The van der Waals surface area contributed by atoms with E-state index >= 15 is 0 Å². The van der Waals surface area contributed by atoms with Gasteiger partial charge in [0, 0.05) is 11.1 Å². The Morgan fingerprint density at radius 3 is 1.54 bits per heavy atom. The van der Waals surface area contributed by atoms with Gasteiger partial charge in [-0.1, -0.05) is 34.6 Å². The summed E-state index contributed by atoms with van der Waals surface area (Å²) in [5.74, 6) is 1.11. The third-order valence-electron chi connectivity index (χ3n) is 6.24. The van der Waals surface area contributed by atoms with E-state index in [4.69, 9.17) is 20.9 Å². The van der Waals surface area contributed by atoms with E-state index in [2.05, 4.69) is 76.2 Å². The molecule has 0 heterocycles. The van der Waals surface area contributed by atoms with Crippen LogP contribution in [0, 0.1) is 23.2 Å². The van der Waals surface area contributed by atoms with Crippen molar-refractivity contribution < 1.29 is 9.47 Å². The van der Waals surface area contributed by atoms with E-state index in [9.17, 15) is 0 Å². The highest BCUT2D eigenvalue weighted by molar-refractivity contribution is 4.84. The van der Waals surface area contributed by atoms with Gasteiger partial charge in [-0.05, 0) is 71.1 Å². The van der Waals surface area contributed by atoms with E-state index < -0.39 is 0 Å². The predicted octanol–water partition coefficient (Wildman–Crippen LogP) is 4.60. The summed E-state index contributed by atoms with van der Waals surface area (Å²) in [7, 11) is 0. The van der Waals surface area contributed by atoms with Crippen LogP contribution in [0.2, 0.25) is 0 Å². The smallest absolute Gasteiger partial charge is 0.0629 e. The van der Waals surface area contributed by atoms with E-state index in [1.165, 1.54) is 0 Å². The highest BCUT2D eigenvalue weighted by atomic mass is 16.5. The Bertz CT molecular complexity index is 405. The summed E-state index contributed by atoms with van der Waals surface area (Å²) in [6.07, 6.45) is 0.985. The van der Waals surface area contributed by atoms with Crippen molar-refractivity contribution in [3.8, 4) is 0 Å². The molecular weight excluding hydrogens is 324 g/mol. The molecule has 4 heteroatoms. The van der Waals surface area contributed by atoms with Crippen molar-refractivity contribution in [2.24, 2.45) is 34.6 Å². The van der Waals surface area contributed by atoms with Gasteiger partial charge in [-0.2, -0.15) is 0 Å². The minimum absolute atomic E-state index is 0.0812. The van der Waals surface area contributed by atoms with Crippen molar-refractivity contribution in [3.63, 3.8) is 0 Å². The molecule has 0 aliphatic heterocycles. The number of ether oxygens (including phenoxy) is 2. The van der Waals surface area contributed by atoms with Gasteiger partial charge in [0.1, 0.15) is 0 Å². The summed E-state index contributed by atoms with van der Waals surface area (Å²) in [6, 6.07) is 0. The SMILES string of the molecule is CC(COCC(C)(C)C(C)CC(C)(C)OCC(C)C(C)(C)N)C(C)(C)N. The fourth-order valence-corrected chi connectivity index (χ4v) is 2.49. The lowest BCUT2D eigenvalue weighted by Gasteiger charge is -2.39. The van der Waals surface area contributed by atoms with Gasteiger partial charge in [-0.25, -0.2) is 0 Å². The molecule has 0 amide bonds. The molecule has 0 aromatic rings. The molecule has 0 saturated carbocycles. The van der Waals surface area contributed by atoms with Crippen molar-refractivity contribution in [2.75, 3.05) is 19.8 Å². The van der Waals surface area contributed by atoms with E-state index in [0.717, 1.165) is 13.0 Å². The van der Waals surface area contributed by atoms with Gasteiger partial charge >= 0.3 is 0 Å². The van der Waals surface area contributed by atoms with Gasteiger partial charge in [0.15, 0.2) is 0 Å². The van der Waals surface area contributed by atoms with Crippen LogP contribution in [0.25, 0.3) is 0 Å². The summed E-state index contributed by atoms with van der Waals surface area (Å²) in [6.45, 7) is 25.8. The van der Waals surface area contributed by atoms with Gasteiger partial charge in [0.05, 0.1) is 25.4 Å². The zero-order valence-electron chi connectivity index (χ0n) is 19.5. The first-order valence-corrected chi connectivity index (χ1v) is 10.2. The maximum absolute atomic E-state index is 6.23. The highest BCUT2D eigenvalue weighted by Gasteiger charge is 2.33. The van der Waals surface area contributed by atoms with Crippen LogP contribution in [0.1, 0.15) is 82.6 Å². The van der Waals surface area contributed by atoms with Crippen LogP contribution in [0.15, 0.2) is 0 Å². The lowest BCUT2D eigenvalue weighted by molar-refractivity contribution is -0.0726. The second kappa shape index (κ2) is 9.36. The average Bonchev–Trinajstić information content (AvgIpc) is 2.41. The fraction of sp³-hybridized carbons (Fsp3) is 1.00. The molecule has 0 aromatic heterocycles. The Morgan fingerprint density at radius 1 is 0.692 bits per heavy atom. The molecule has 0 aliphatic carbocycles. The van der Waals surface area contributed by atoms with Crippen LogP contribution in [0.4, 0.5) is 0 Å². The molecule has 0 aliphatic rings. The third-order valence-corrected chi connectivity index (χ3v) is 6.24. The van der Waals surface area contributed by atoms with Crippen LogP contribution >= 0.6 is 0 Å². The quantitative estimate of drug-likeness (QED) is 0.525. The summed E-state index contributed by atoms with van der Waals surface area (Å²) in [5.41, 5.74) is 11.8. The molecule has 0 saturated heterocycles. The molecule has 0 aromatic carbocycles. The normalized spacial score (nSPS) is 17.9. The Kier molecular flexibility index (Phi) is 9.30. The van der Waals surface area contributed by atoms with Crippen LogP contribution in [0.5, 0.6) is 0 Å². The largest absolute Gasteiger partial charge is 0.381 e. The van der Waals surface area contributed by atoms with Crippen molar-refractivity contribution in [1.29, 1.82) is 0 Å². The van der Waals surface area contributed by atoms with Crippen molar-refractivity contribution in [2.45, 2.75) is 99.3 Å². The Labute approximate surface area is 163 Å². The zero-order valence-corrected chi connectivity index (χ0v) is 19.5. The van der Waals surface area contributed by atoms with E-state index in [1.54, 1.807) is 0 Å². The molecular formula is C22H48N2O2. The minimum atomic E-state index is -0.220. The molecule has 26 heavy (non-hydrogen) atoms. The molecule has 0 bridgehead atoms. The monoisotopic (exact) mass is 372 g/mol. The van der Waals surface area contributed by atoms with Crippen molar-refractivity contribution >= 4 is 0 Å². The van der Waals surface area contributed by atoms with Crippen LogP contribution in [-0.4, -0.2) is 36.5 Å². The topological polar surface area (TPSA) is 70.5 Å². The summed E-state index contributed by atoms with van der Waals surface area (Å²) >= 11 is 0. The van der Waals surface area contributed by atoms with Crippen molar-refractivity contribution in [1.82, 2.24) is 0 Å². The molecule has 4 N–H and O–H groups in total. The molecule has 0 fully saturated rings. The Balaban J connectivity index is 4.54. The Morgan fingerprint density at radius 2 is 1.12 bits per heavy atom. The van der Waals surface area contributed by atoms with E-state index in [0.29, 0.717) is 31.0 Å². The zero-order chi connectivity index (χ0) is 21.0. The number of hydrogen-bond acceptors (Lipinski definition) is 4. The number of nitrogens with two attached hydrogens (primary N) is 2. The first-order valence-electron chi connectivity index (χ1n) is 10.2. The maximum Gasteiger partial charge on any atom is 0.0629 e. The first-order chi connectivity index (χ1) is 11.4. The highest BCUT2D eigenvalue weighted by Crippen LogP contribution is 2.35. The van der Waals surface area contributed by atoms with Gasteiger partial charge in [-0.3, -0.25) is 0 Å². The van der Waals surface area contributed by atoms with E-state index in [-0.39, 0.29) is 22.1 Å². The standard InChI is InChI=1S/C22H48N2O2/c1-16(12-20(6,7)26-14-18(3)22(10,11)24)19(4,5)15-25-13-17(2)21(8,9)23/h16-18H,12-15,23-24H2,1-11H3. The first kappa shape index (κ1) is 25.8. The van der Waals surface area contributed by atoms with Crippen LogP contribution in [0.3, 0.4) is 0 Å². The maximum atomic E-state index is 6.23. The fourth-order valence-electron chi connectivity index (χ4n) is 2.49. The molecule has 158 valence electrons. The average molecular weight is 373 g/mol. The molecule has 0 radical (unpaired) electrons. The van der Waals surface area contributed by atoms with Crippen LogP contribution in [-0.2, 0) is 9.47 Å². The second-order valence-electron chi connectivity index (χ2n) is 11.1. The van der Waals surface area contributed by atoms with Crippen molar-refractivity contribution in [3.05, 3.63) is 0 Å². The van der Waals surface area contributed by atoms with Gasteiger partial charge < -0.3 is 20.9 Å². The summed E-state index contributed by atoms with van der Waals surface area (Å²) < 4.78 is 12.3. The number of hydrogen-bond donors (Lipinski definition) is 2. The van der Waals surface area contributed by atoms with Crippen LogP contribution < -0.4 is 11.5 Å². The summed E-state index contributed by atoms with van der Waals surface area (Å²) in [4.78, 5) is 0. The predicted molar refractivity (Wildman–Crippen MR) is 113 cm³/mol. The molecule has 4 nitrogen and oxygen atoms in total.